The highest BCUT2D eigenvalue weighted by atomic mass is 35.5. The normalized spacial score (nSPS) is 17.1. The standard InChI is InChI=1S/2C4H8O.4ClH/c2*1-2-4-5-3-1;;;;/h2*1-4H2;4*1H. The minimum atomic E-state index is 0. The Bertz CT molecular complexity index is 52.5. The second-order valence-electron chi connectivity index (χ2n) is 2.64. The zero-order valence-electron chi connectivity index (χ0n) is 8.11. The highest BCUT2D eigenvalue weighted by Crippen LogP contribution is 1.98. The van der Waals surface area contributed by atoms with Crippen molar-refractivity contribution in [2.24, 2.45) is 0 Å². The molecule has 2 heterocycles. The summed E-state index contributed by atoms with van der Waals surface area (Å²) in [6.07, 6.45) is 5.11. The first-order valence-electron chi connectivity index (χ1n) is 4.15. The number of rotatable bonds is 0. The molecule has 2 fully saturated rings. The van der Waals surface area contributed by atoms with Gasteiger partial charge in [-0.05, 0) is 25.7 Å². The first-order chi connectivity index (χ1) is 5.00. The first-order valence-corrected chi connectivity index (χ1v) is 4.15. The second kappa shape index (κ2) is 19.6. The summed E-state index contributed by atoms with van der Waals surface area (Å²) in [7, 11) is 0. The SMILES string of the molecule is C1CCOC1.C1CCOC1.Cl.Cl.Cl.Cl. The highest BCUT2D eigenvalue weighted by Gasteiger charge is 1.95. The molecule has 2 aliphatic rings. The molecule has 14 heavy (non-hydrogen) atoms. The van der Waals surface area contributed by atoms with Gasteiger partial charge in [0.05, 0.1) is 0 Å². The summed E-state index contributed by atoms with van der Waals surface area (Å²) in [4.78, 5) is 0. The second-order valence-corrected chi connectivity index (χ2v) is 2.64. The van der Waals surface area contributed by atoms with Crippen molar-refractivity contribution < 1.29 is 9.47 Å². The summed E-state index contributed by atoms with van der Waals surface area (Å²) < 4.78 is 9.89. The van der Waals surface area contributed by atoms with Gasteiger partial charge in [-0.15, -0.1) is 49.6 Å². The van der Waals surface area contributed by atoms with E-state index in [9.17, 15) is 0 Å². The van der Waals surface area contributed by atoms with Crippen LogP contribution < -0.4 is 0 Å². The van der Waals surface area contributed by atoms with Gasteiger partial charge < -0.3 is 9.47 Å². The molecule has 0 spiro atoms. The third-order valence-electron chi connectivity index (χ3n) is 1.65. The zero-order valence-corrected chi connectivity index (χ0v) is 11.4. The molecule has 0 bridgehead atoms. The van der Waals surface area contributed by atoms with E-state index in [1.165, 1.54) is 25.7 Å². The van der Waals surface area contributed by atoms with Crippen molar-refractivity contribution in [2.75, 3.05) is 26.4 Å². The van der Waals surface area contributed by atoms with E-state index < -0.39 is 0 Å². The molecule has 2 rings (SSSR count). The van der Waals surface area contributed by atoms with Crippen molar-refractivity contribution in [3.63, 3.8) is 0 Å². The van der Waals surface area contributed by atoms with Crippen LogP contribution in [0.25, 0.3) is 0 Å². The summed E-state index contributed by atoms with van der Waals surface area (Å²) >= 11 is 0. The maximum absolute atomic E-state index is 4.94. The summed E-state index contributed by atoms with van der Waals surface area (Å²) in [6, 6.07) is 0. The van der Waals surface area contributed by atoms with Crippen LogP contribution >= 0.6 is 49.6 Å². The maximum atomic E-state index is 4.94. The van der Waals surface area contributed by atoms with Gasteiger partial charge in [-0.3, -0.25) is 0 Å². The average molecular weight is 290 g/mol. The molecule has 92 valence electrons. The lowest BCUT2D eigenvalue weighted by molar-refractivity contribution is 0.198. The fourth-order valence-electron chi connectivity index (χ4n) is 1.02. The molecule has 0 aliphatic carbocycles. The fraction of sp³-hybridized carbons (Fsp3) is 1.00. The third kappa shape index (κ3) is 15.5. The molecule has 2 saturated heterocycles. The Balaban J connectivity index is -0.0000000556. The summed E-state index contributed by atoms with van der Waals surface area (Å²) in [5, 5.41) is 0. The van der Waals surface area contributed by atoms with Crippen molar-refractivity contribution in [2.45, 2.75) is 25.7 Å². The van der Waals surface area contributed by atoms with E-state index >= 15 is 0 Å². The van der Waals surface area contributed by atoms with Crippen molar-refractivity contribution in [3.05, 3.63) is 0 Å². The van der Waals surface area contributed by atoms with Gasteiger partial charge in [-0.25, -0.2) is 0 Å². The molecule has 0 radical (unpaired) electrons. The Morgan fingerprint density at radius 2 is 0.643 bits per heavy atom. The van der Waals surface area contributed by atoms with Crippen molar-refractivity contribution in [3.8, 4) is 0 Å². The number of halogens is 4. The van der Waals surface area contributed by atoms with Gasteiger partial charge in [0.2, 0.25) is 0 Å². The smallest absolute Gasteiger partial charge is 0.0466 e. The minimum absolute atomic E-state index is 0. The topological polar surface area (TPSA) is 18.5 Å². The predicted molar refractivity (Wildman–Crippen MR) is 69.1 cm³/mol. The van der Waals surface area contributed by atoms with Crippen LogP contribution in [-0.4, -0.2) is 26.4 Å². The van der Waals surface area contributed by atoms with Crippen LogP contribution in [0.15, 0.2) is 0 Å². The molecule has 0 N–H and O–H groups in total. The van der Waals surface area contributed by atoms with E-state index in [1.807, 2.05) is 0 Å². The summed E-state index contributed by atoms with van der Waals surface area (Å²) in [5.41, 5.74) is 0. The fourth-order valence-corrected chi connectivity index (χ4v) is 1.02. The molecule has 0 unspecified atom stereocenters. The van der Waals surface area contributed by atoms with Crippen LogP contribution in [0.4, 0.5) is 0 Å². The minimum Gasteiger partial charge on any atom is -0.381 e. The Morgan fingerprint density at radius 1 is 0.429 bits per heavy atom. The molecule has 0 aromatic rings. The molecule has 2 aliphatic heterocycles. The van der Waals surface area contributed by atoms with E-state index in [0.29, 0.717) is 0 Å². The Kier molecular flexibility index (Phi) is 34.1. The lowest BCUT2D eigenvalue weighted by atomic mass is 10.4. The maximum Gasteiger partial charge on any atom is 0.0466 e. The number of hydrogen-bond donors (Lipinski definition) is 0. The monoisotopic (exact) mass is 288 g/mol. The predicted octanol–water partition coefficient (Wildman–Crippen LogP) is 3.28. The summed E-state index contributed by atoms with van der Waals surface area (Å²) in [6.45, 7) is 4.00. The Labute approximate surface area is 111 Å². The molecule has 2 nitrogen and oxygen atoms in total. The van der Waals surface area contributed by atoms with E-state index in [0.717, 1.165) is 26.4 Å². The highest BCUT2D eigenvalue weighted by molar-refractivity contribution is 5.86. The molecule has 0 aromatic heterocycles. The lowest BCUT2D eigenvalue weighted by Gasteiger charge is -1.76. The molecular formula is C8H20Cl4O2. The van der Waals surface area contributed by atoms with Gasteiger partial charge in [0, 0.05) is 26.4 Å². The molecular weight excluding hydrogens is 270 g/mol. The first kappa shape index (κ1) is 24.4. The van der Waals surface area contributed by atoms with Gasteiger partial charge in [0.25, 0.3) is 0 Å². The molecule has 0 saturated carbocycles. The van der Waals surface area contributed by atoms with E-state index in [1.54, 1.807) is 0 Å². The average Bonchev–Trinajstić information content (AvgIpc) is 2.67. The van der Waals surface area contributed by atoms with Crippen LogP contribution in [0.1, 0.15) is 25.7 Å². The van der Waals surface area contributed by atoms with Crippen molar-refractivity contribution in [1.29, 1.82) is 0 Å². The molecule has 0 aromatic carbocycles. The van der Waals surface area contributed by atoms with E-state index in [-0.39, 0.29) is 49.6 Å². The van der Waals surface area contributed by atoms with Crippen LogP contribution in [0.5, 0.6) is 0 Å². The van der Waals surface area contributed by atoms with Crippen LogP contribution in [-0.2, 0) is 9.47 Å². The summed E-state index contributed by atoms with van der Waals surface area (Å²) in [5.74, 6) is 0. The van der Waals surface area contributed by atoms with Crippen LogP contribution in [0, 0.1) is 0 Å². The Hall–Kier alpha value is 1.08. The third-order valence-corrected chi connectivity index (χ3v) is 1.65. The number of ether oxygens (including phenoxy) is 2. The molecule has 6 heteroatoms. The zero-order chi connectivity index (χ0) is 7.07. The van der Waals surface area contributed by atoms with Crippen molar-refractivity contribution in [1.82, 2.24) is 0 Å². The van der Waals surface area contributed by atoms with Gasteiger partial charge in [0.15, 0.2) is 0 Å². The van der Waals surface area contributed by atoms with Gasteiger partial charge in [0.1, 0.15) is 0 Å². The van der Waals surface area contributed by atoms with Crippen molar-refractivity contribution >= 4 is 49.6 Å². The molecule has 0 atom stereocenters. The van der Waals surface area contributed by atoms with Gasteiger partial charge in [-0.2, -0.15) is 0 Å². The van der Waals surface area contributed by atoms with Crippen LogP contribution in [0.3, 0.4) is 0 Å². The quantitative estimate of drug-likeness (QED) is 0.681. The van der Waals surface area contributed by atoms with Gasteiger partial charge in [-0.1, -0.05) is 0 Å². The van der Waals surface area contributed by atoms with Gasteiger partial charge >= 0.3 is 0 Å². The largest absolute Gasteiger partial charge is 0.381 e. The van der Waals surface area contributed by atoms with Crippen LogP contribution in [0.2, 0.25) is 0 Å². The number of hydrogen-bond acceptors (Lipinski definition) is 2. The molecule has 0 amide bonds. The Morgan fingerprint density at radius 3 is 0.714 bits per heavy atom. The van der Waals surface area contributed by atoms with E-state index in [4.69, 9.17) is 9.47 Å². The van der Waals surface area contributed by atoms with E-state index in [2.05, 4.69) is 0 Å². The lowest BCUT2D eigenvalue weighted by Crippen LogP contribution is -1.74.